The van der Waals surface area contributed by atoms with Crippen LogP contribution in [0.4, 0.5) is 9.39 Å². The van der Waals surface area contributed by atoms with Gasteiger partial charge in [-0.2, -0.15) is 0 Å². The molecule has 1 amide bonds. The topological polar surface area (TPSA) is 55.4 Å². The highest BCUT2D eigenvalue weighted by molar-refractivity contribution is 7.22. The highest BCUT2D eigenvalue weighted by Crippen LogP contribution is 2.38. The molecule has 0 atom stereocenters. The molecule has 3 aromatic rings. The third-order valence-electron chi connectivity index (χ3n) is 3.89. The quantitative estimate of drug-likeness (QED) is 0.552. The van der Waals surface area contributed by atoms with Gasteiger partial charge in [-0.3, -0.25) is 4.79 Å². The van der Waals surface area contributed by atoms with E-state index >= 15 is 0 Å². The van der Waals surface area contributed by atoms with Gasteiger partial charge >= 0.3 is 5.97 Å². The Balaban J connectivity index is 1.97. The lowest BCUT2D eigenvalue weighted by molar-refractivity contribution is 0.0527. The number of ether oxygens (including phenoxy) is 1. The van der Waals surface area contributed by atoms with E-state index in [1.807, 2.05) is 13.8 Å². The fraction of sp³-hybridized carbons (Fsp3) is 0.222. The maximum Gasteiger partial charge on any atom is 0.341 e. The number of aryl methyl sites for hydroxylation is 1. The maximum atomic E-state index is 13.4. The number of thiophene rings is 2. The van der Waals surface area contributed by atoms with E-state index in [-0.39, 0.29) is 16.5 Å². The molecule has 0 aliphatic heterocycles. The van der Waals surface area contributed by atoms with Crippen molar-refractivity contribution in [1.82, 2.24) is 0 Å². The Morgan fingerprint density at radius 1 is 1.27 bits per heavy atom. The Morgan fingerprint density at radius 2 is 2.00 bits per heavy atom. The van der Waals surface area contributed by atoms with E-state index in [9.17, 15) is 14.0 Å². The first-order valence-electron chi connectivity index (χ1n) is 7.79. The number of hydrogen-bond donors (Lipinski definition) is 1. The van der Waals surface area contributed by atoms with Crippen LogP contribution in [-0.4, -0.2) is 18.5 Å². The van der Waals surface area contributed by atoms with Gasteiger partial charge in [0.05, 0.1) is 17.2 Å². The zero-order valence-electron chi connectivity index (χ0n) is 14.2. The fourth-order valence-corrected chi connectivity index (χ4v) is 4.99. The predicted octanol–water partition coefficient (Wildman–Crippen LogP) is 5.80. The van der Waals surface area contributed by atoms with E-state index in [1.165, 1.54) is 23.5 Å². The second-order valence-electron chi connectivity index (χ2n) is 5.55. The summed E-state index contributed by atoms with van der Waals surface area (Å²) in [5, 5.41) is 4.06. The molecule has 0 unspecified atom stereocenters. The van der Waals surface area contributed by atoms with Crippen LogP contribution in [-0.2, 0) is 4.74 Å². The SMILES string of the molecule is CCOC(=O)c1c(NC(=O)c2sc3cc(F)ccc3c2Cl)sc(C)c1C. The van der Waals surface area contributed by atoms with Crippen molar-refractivity contribution >= 4 is 61.2 Å². The molecule has 2 heterocycles. The minimum atomic E-state index is -0.478. The third-order valence-corrected chi connectivity index (χ3v) is 6.67. The number of carbonyl (C=O) groups excluding carboxylic acids is 2. The van der Waals surface area contributed by atoms with Gasteiger partial charge in [-0.25, -0.2) is 9.18 Å². The molecule has 8 heteroatoms. The summed E-state index contributed by atoms with van der Waals surface area (Å²) in [7, 11) is 0. The molecular formula is C18H15ClFNO3S2. The van der Waals surface area contributed by atoms with E-state index in [0.29, 0.717) is 20.7 Å². The molecule has 0 aliphatic rings. The molecule has 2 aromatic heterocycles. The number of nitrogens with one attached hydrogen (secondary N) is 1. The van der Waals surface area contributed by atoms with Gasteiger partial charge in [-0.15, -0.1) is 22.7 Å². The average molecular weight is 412 g/mol. The Bertz CT molecular complexity index is 1030. The van der Waals surface area contributed by atoms with Crippen LogP contribution in [0.25, 0.3) is 10.1 Å². The Labute approximate surface area is 162 Å². The van der Waals surface area contributed by atoms with Crippen molar-refractivity contribution in [3.63, 3.8) is 0 Å². The molecular weight excluding hydrogens is 397 g/mol. The van der Waals surface area contributed by atoms with Crippen molar-refractivity contribution in [2.24, 2.45) is 0 Å². The summed E-state index contributed by atoms with van der Waals surface area (Å²) in [6.07, 6.45) is 0. The number of fused-ring (bicyclic) bond motifs is 1. The van der Waals surface area contributed by atoms with Crippen LogP contribution in [0.15, 0.2) is 18.2 Å². The largest absolute Gasteiger partial charge is 0.462 e. The Hall–Kier alpha value is -1.96. The minimum Gasteiger partial charge on any atom is -0.462 e. The molecule has 0 saturated heterocycles. The highest BCUT2D eigenvalue weighted by atomic mass is 35.5. The summed E-state index contributed by atoms with van der Waals surface area (Å²) in [6, 6.07) is 4.18. The normalized spacial score (nSPS) is 11.0. The van der Waals surface area contributed by atoms with Crippen LogP contribution in [0.1, 0.15) is 37.4 Å². The van der Waals surface area contributed by atoms with Gasteiger partial charge in [0, 0.05) is 15.0 Å². The molecule has 136 valence electrons. The van der Waals surface area contributed by atoms with Crippen molar-refractivity contribution in [1.29, 1.82) is 0 Å². The van der Waals surface area contributed by atoms with E-state index in [4.69, 9.17) is 16.3 Å². The second-order valence-corrected chi connectivity index (χ2v) is 8.20. The summed E-state index contributed by atoms with van der Waals surface area (Å²) in [5.41, 5.74) is 1.12. The fourth-order valence-electron chi connectivity index (χ4n) is 2.51. The molecule has 0 saturated carbocycles. The van der Waals surface area contributed by atoms with E-state index in [1.54, 1.807) is 13.0 Å². The first-order valence-corrected chi connectivity index (χ1v) is 9.80. The molecule has 1 N–H and O–H groups in total. The smallest absolute Gasteiger partial charge is 0.341 e. The van der Waals surface area contributed by atoms with Crippen LogP contribution in [0.3, 0.4) is 0 Å². The number of rotatable bonds is 4. The van der Waals surface area contributed by atoms with Crippen molar-refractivity contribution in [2.75, 3.05) is 11.9 Å². The van der Waals surface area contributed by atoms with E-state index < -0.39 is 17.7 Å². The average Bonchev–Trinajstić information content (AvgIpc) is 3.04. The number of benzene rings is 1. The lowest BCUT2D eigenvalue weighted by atomic mass is 10.1. The van der Waals surface area contributed by atoms with Gasteiger partial charge in [0.15, 0.2) is 0 Å². The van der Waals surface area contributed by atoms with Crippen molar-refractivity contribution in [3.8, 4) is 0 Å². The molecule has 0 fully saturated rings. The van der Waals surface area contributed by atoms with Crippen molar-refractivity contribution in [3.05, 3.63) is 49.9 Å². The molecule has 0 bridgehead atoms. The molecule has 0 radical (unpaired) electrons. The number of hydrogen-bond acceptors (Lipinski definition) is 5. The van der Waals surface area contributed by atoms with Gasteiger partial charge < -0.3 is 10.1 Å². The molecule has 26 heavy (non-hydrogen) atoms. The first kappa shape index (κ1) is 18.8. The van der Waals surface area contributed by atoms with Crippen LogP contribution in [0, 0.1) is 19.7 Å². The molecule has 0 spiro atoms. The van der Waals surface area contributed by atoms with E-state index in [0.717, 1.165) is 21.8 Å². The Kier molecular flexibility index (Phi) is 5.32. The predicted molar refractivity (Wildman–Crippen MR) is 104 cm³/mol. The monoisotopic (exact) mass is 411 g/mol. The van der Waals surface area contributed by atoms with E-state index in [2.05, 4.69) is 5.32 Å². The second kappa shape index (κ2) is 7.34. The van der Waals surface area contributed by atoms with Crippen molar-refractivity contribution < 1.29 is 18.7 Å². The van der Waals surface area contributed by atoms with Gasteiger partial charge in [-0.05, 0) is 44.5 Å². The number of anilines is 1. The van der Waals surface area contributed by atoms with Gasteiger partial charge in [0.2, 0.25) is 0 Å². The molecule has 3 rings (SSSR count). The number of halogens is 2. The van der Waals surface area contributed by atoms with Crippen LogP contribution in [0.2, 0.25) is 5.02 Å². The van der Waals surface area contributed by atoms with Gasteiger partial charge in [0.25, 0.3) is 5.91 Å². The molecule has 1 aromatic carbocycles. The van der Waals surface area contributed by atoms with Gasteiger partial charge in [-0.1, -0.05) is 11.6 Å². The first-order chi connectivity index (χ1) is 12.3. The molecule has 0 aliphatic carbocycles. The zero-order valence-corrected chi connectivity index (χ0v) is 16.6. The molecule has 4 nitrogen and oxygen atoms in total. The standard InChI is InChI=1S/C18H15ClFNO3S2/c1-4-24-18(23)13-8(2)9(3)25-17(13)21-16(22)15-14(19)11-6-5-10(20)7-12(11)26-15/h5-7H,4H2,1-3H3,(H,21,22). The van der Waals surface area contributed by atoms with Gasteiger partial charge in [0.1, 0.15) is 15.7 Å². The van der Waals surface area contributed by atoms with Crippen molar-refractivity contribution in [2.45, 2.75) is 20.8 Å². The number of carbonyl (C=O) groups is 2. The summed E-state index contributed by atoms with van der Waals surface area (Å²) < 4.78 is 19.1. The lowest BCUT2D eigenvalue weighted by Crippen LogP contribution is -2.14. The van der Waals surface area contributed by atoms with Crippen LogP contribution in [0.5, 0.6) is 0 Å². The number of amides is 1. The number of esters is 1. The minimum absolute atomic E-state index is 0.244. The highest BCUT2D eigenvalue weighted by Gasteiger charge is 2.24. The van der Waals surface area contributed by atoms with Crippen LogP contribution < -0.4 is 5.32 Å². The Morgan fingerprint density at radius 3 is 2.69 bits per heavy atom. The maximum absolute atomic E-state index is 13.4. The summed E-state index contributed by atoms with van der Waals surface area (Å²) in [5.74, 6) is -1.31. The van der Waals surface area contributed by atoms with Crippen LogP contribution >= 0.6 is 34.3 Å². The lowest BCUT2D eigenvalue weighted by Gasteiger charge is -2.06. The summed E-state index contributed by atoms with van der Waals surface area (Å²) in [6.45, 7) is 5.64. The third kappa shape index (κ3) is 3.34. The zero-order chi connectivity index (χ0) is 19.0. The summed E-state index contributed by atoms with van der Waals surface area (Å²) >= 11 is 8.71. The summed E-state index contributed by atoms with van der Waals surface area (Å²) in [4.78, 5) is 26.1.